The molecule has 0 saturated carbocycles. The average Bonchev–Trinajstić information content (AvgIpc) is 3.15. The molecule has 0 amide bonds. The number of aryl methyl sites for hydroxylation is 1. The van der Waals surface area contributed by atoms with Gasteiger partial charge >= 0.3 is 0 Å². The second-order valence-corrected chi connectivity index (χ2v) is 8.51. The molecule has 4 nitrogen and oxygen atoms in total. The van der Waals surface area contributed by atoms with E-state index in [4.69, 9.17) is 9.47 Å². The number of benzene rings is 3. The summed E-state index contributed by atoms with van der Waals surface area (Å²) < 4.78 is 12.2. The molecule has 32 heavy (non-hydrogen) atoms. The summed E-state index contributed by atoms with van der Waals surface area (Å²) in [6.07, 6.45) is 2.81. The zero-order chi connectivity index (χ0) is 22.2. The van der Waals surface area contributed by atoms with Gasteiger partial charge in [0.15, 0.2) is 5.76 Å². The van der Waals surface area contributed by atoms with E-state index >= 15 is 0 Å². The van der Waals surface area contributed by atoms with Crippen molar-refractivity contribution in [1.29, 1.82) is 0 Å². The van der Waals surface area contributed by atoms with Gasteiger partial charge in [0, 0.05) is 23.7 Å². The van der Waals surface area contributed by atoms with E-state index in [2.05, 4.69) is 55.1 Å². The van der Waals surface area contributed by atoms with Crippen molar-refractivity contribution < 1.29 is 14.3 Å². The minimum absolute atomic E-state index is 0.0706. The Morgan fingerprint density at radius 2 is 1.81 bits per heavy atom. The second-order valence-electron chi connectivity index (χ2n) is 8.51. The molecule has 1 atom stereocenters. The monoisotopic (exact) mass is 425 g/mol. The van der Waals surface area contributed by atoms with Crippen LogP contribution in [0, 0.1) is 6.92 Å². The van der Waals surface area contributed by atoms with Crippen molar-refractivity contribution in [2.75, 3.05) is 6.73 Å². The van der Waals surface area contributed by atoms with Gasteiger partial charge in [0.05, 0.1) is 5.56 Å². The first-order valence-electron chi connectivity index (χ1n) is 11.2. The molecule has 0 spiro atoms. The number of Topliss-reactive ketones (excluding diaryl/α,β-unsaturated/α-hetero) is 1. The predicted molar refractivity (Wildman–Crippen MR) is 126 cm³/mol. The van der Waals surface area contributed by atoms with Crippen molar-refractivity contribution in [3.8, 4) is 11.5 Å². The molecule has 0 radical (unpaired) electrons. The number of allylic oxidation sites excluding steroid dienone is 1. The first-order chi connectivity index (χ1) is 15.5. The lowest BCUT2D eigenvalue weighted by Gasteiger charge is -2.34. The molecule has 4 heteroatoms. The van der Waals surface area contributed by atoms with E-state index in [1.807, 2.05) is 37.3 Å². The zero-order valence-electron chi connectivity index (χ0n) is 18.7. The van der Waals surface area contributed by atoms with Crippen molar-refractivity contribution in [2.24, 2.45) is 0 Å². The molecule has 0 bridgehead atoms. The molecular weight excluding hydrogens is 398 g/mol. The van der Waals surface area contributed by atoms with Crippen LogP contribution in [0.5, 0.6) is 11.5 Å². The van der Waals surface area contributed by atoms with Crippen molar-refractivity contribution in [2.45, 2.75) is 39.8 Å². The summed E-state index contributed by atoms with van der Waals surface area (Å²) in [5, 5.41) is 0. The van der Waals surface area contributed by atoms with Gasteiger partial charge < -0.3 is 9.47 Å². The van der Waals surface area contributed by atoms with Crippen LogP contribution in [-0.4, -0.2) is 17.4 Å². The van der Waals surface area contributed by atoms with Gasteiger partial charge in [-0.25, -0.2) is 0 Å². The van der Waals surface area contributed by atoms with Gasteiger partial charge in [-0.2, -0.15) is 0 Å². The third-order valence-electron chi connectivity index (χ3n) is 6.48. The highest BCUT2D eigenvalue weighted by molar-refractivity contribution is 6.15. The largest absolute Gasteiger partial charge is 0.477 e. The fourth-order valence-electron chi connectivity index (χ4n) is 4.46. The van der Waals surface area contributed by atoms with E-state index < -0.39 is 0 Å². The van der Waals surface area contributed by atoms with Crippen LogP contribution in [0.2, 0.25) is 0 Å². The van der Waals surface area contributed by atoms with E-state index in [0.717, 1.165) is 35.4 Å². The molecular formula is C28H27NO3. The van der Waals surface area contributed by atoms with Gasteiger partial charge in [-0.05, 0) is 49.1 Å². The summed E-state index contributed by atoms with van der Waals surface area (Å²) in [5.74, 6) is 1.75. The lowest BCUT2D eigenvalue weighted by molar-refractivity contribution is 0.0609. The first kappa shape index (κ1) is 20.5. The number of hydrogen-bond donors (Lipinski definition) is 0. The molecule has 0 aromatic heterocycles. The number of ether oxygens (including phenoxy) is 2. The SMILES string of the molecule is CCc1ccc(/C=C2\Oc3c(cc4c(c3C)OCN(C(C)c3ccccc3)C4)C2=O)cc1. The highest BCUT2D eigenvalue weighted by Gasteiger charge is 2.34. The fraction of sp³-hybridized carbons (Fsp3) is 0.250. The number of carbonyl (C=O) groups excluding carboxylic acids is 1. The molecule has 2 aliphatic heterocycles. The Morgan fingerprint density at radius 3 is 2.53 bits per heavy atom. The maximum absolute atomic E-state index is 13.2. The molecule has 0 saturated heterocycles. The fourth-order valence-corrected chi connectivity index (χ4v) is 4.46. The number of fused-ring (bicyclic) bond motifs is 2. The zero-order valence-corrected chi connectivity index (χ0v) is 18.7. The van der Waals surface area contributed by atoms with Gasteiger partial charge in [-0.3, -0.25) is 9.69 Å². The quantitative estimate of drug-likeness (QED) is 0.475. The Balaban J connectivity index is 1.43. The summed E-state index contributed by atoms with van der Waals surface area (Å²) in [6, 6.07) is 20.8. The number of rotatable bonds is 4. The molecule has 3 aromatic rings. The van der Waals surface area contributed by atoms with Crippen LogP contribution in [0.1, 0.15) is 58.1 Å². The summed E-state index contributed by atoms with van der Waals surface area (Å²) in [7, 11) is 0. The van der Waals surface area contributed by atoms with Crippen molar-refractivity contribution >= 4 is 11.9 Å². The molecule has 0 aliphatic carbocycles. The van der Waals surface area contributed by atoms with Crippen molar-refractivity contribution in [3.05, 3.63) is 99.8 Å². The molecule has 0 fully saturated rings. The third-order valence-corrected chi connectivity index (χ3v) is 6.48. The molecule has 3 aromatic carbocycles. The van der Waals surface area contributed by atoms with Crippen LogP contribution >= 0.6 is 0 Å². The van der Waals surface area contributed by atoms with E-state index in [0.29, 0.717) is 23.8 Å². The minimum atomic E-state index is -0.0706. The number of nitrogens with zero attached hydrogens (tertiary/aromatic N) is 1. The summed E-state index contributed by atoms with van der Waals surface area (Å²) in [4.78, 5) is 15.4. The highest BCUT2D eigenvalue weighted by atomic mass is 16.5. The maximum Gasteiger partial charge on any atom is 0.231 e. The topological polar surface area (TPSA) is 38.8 Å². The van der Waals surface area contributed by atoms with E-state index in [9.17, 15) is 4.79 Å². The lowest BCUT2D eigenvalue weighted by Crippen LogP contribution is -2.34. The Morgan fingerprint density at radius 1 is 1.06 bits per heavy atom. The van der Waals surface area contributed by atoms with Crippen molar-refractivity contribution in [3.63, 3.8) is 0 Å². The molecule has 2 heterocycles. The number of carbonyl (C=O) groups is 1. The Kier molecular flexibility index (Phi) is 5.32. The Bertz CT molecular complexity index is 1200. The number of hydrogen-bond acceptors (Lipinski definition) is 4. The van der Waals surface area contributed by atoms with E-state index in [-0.39, 0.29) is 11.8 Å². The minimum Gasteiger partial charge on any atom is -0.477 e. The smallest absolute Gasteiger partial charge is 0.231 e. The van der Waals surface area contributed by atoms with Crippen LogP contribution in [0.25, 0.3) is 6.08 Å². The predicted octanol–water partition coefficient (Wildman–Crippen LogP) is 6.09. The molecule has 0 N–H and O–H groups in total. The molecule has 1 unspecified atom stereocenters. The summed E-state index contributed by atoms with van der Waals surface area (Å²) >= 11 is 0. The van der Waals surface area contributed by atoms with E-state index in [1.54, 1.807) is 0 Å². The lowest BCUT2D eigenvalue weighted by atomic mass is 9.99. The van der Waals surface area contributed by atoms with E-state index in [1.165, 1.54) is 11.1 Å². The maximum atomic E-state index is 13.2. The van der Waals surface area contributed by atoms with Crippen LogP contribution in [-0.2, 0) is 13.0 Å². The third kappa shape index (κ3) is 3.61. The summed E-state index contributed by atoms with van der Waals surface area (Å²) in [5.41, 5.74) is 6.01. The molecule has 5 rings (SSSR count). The normalized spacial score (nSPS) is 17.5. The number of ketones is 1. The van der Waals surface area contributed by atoms with Gasteiger partial charge in [-0.15, -0.1) is 0 Å². The molecule has 2 aliphatic rings. The Hall–Kier alpha value is -3.37. The Labute approximate surface area is 189 Å². The van der Waals surface area contributed by atoms with Gasteiger partial charge in [0.2, 0.25) is 5.78 Å². The summed E-state index contributed by atoms with van der Waals surface area (Å²) in [6.45, 7) is 7.51. The van der Waals surface area contributed by atoms with Crippen LogP contribution < -0.4 is 9.47 Å². The second kappa shape index (κ2) is 8.29. The van der Waals surface area contributed by atoms with Crippen molar-refractivity contribution in [1.82, 2.24) is 4.90 Å². The van der Waals surface area contributed by atoms with Gasteiger partial charge in [-0.1, -0.05) is 61.5 Å². The standard InChI is InChI=1S/C28H27NO3/c1-4-20-10-12-21(13-11-20)14-25-26(30)24-15-23-16-29(19(3)22-8-6-5-7-9-22)17-31-27(23)18(2)28(24)32-25/h5-15,19H,4,16-17H2,1-3H3/b25-14-. The van der Waals surface area contributed by atoms with Crippen LogP contribution in [0.3, 0.4) is 0 Å². The van der Waals surface area contributed by atoms with Gasteiger partial charge in [0.25, 0.3) is 0 Å². The van der Waals surface area contributed by atoms with Crippen LogP contribution in [0.15, 0.2) is 66.4 Å². The average molecular weight is 426 g/mol. The van der Waals surface area contributed by atoms with Crippen LogP contribution in [0.4, 0.5) is 0 Å². The van der Waals surface area contributed by atoms with Gasteiger partial charge in [0.1, 0.15) is 18.2 Å². The highest BCUT2D eigenvalue weighted by Crippen LogP contribution is 2.44. The first-order valence-corrected chi connectivity index (χ1v) is 11.2. The molecule has 162 valence electrons.